The number of rotatable bonds is 5. The SMILES string of the molecule is COC(=O)/C(=C\C1CCCCC1)P(=O)(OC)OC. The molecule has 0 atom stereocenters. The van der Waals surface area contributed by atoms with E-state index in [4.69, 9.17) is 9.05 Å². The number of hydrogen-bond acceptors (Lipinski definition) is 5. The molecule has 1 fully saturated rings. The molecule has 104 valence electrons. The summed E-state index contributed by atoms with van der Waals surface area (Å²) in [5.41, 5.74) is 0. The van der Waals surface area contributed by atoms with Gasteiger partial charge in [0, 0.05) is 14.2 Å². The van der Waals surface area contributed by atoms with Crippen molar-refractivity contribution in [1.29, 1.82) is 0 Å². The Bertz CT molecular complexity index is 349. The zero-order valence-corrected chi connectivity index (χ0v) is 12.1. The van der Waals surface area contributed by atoms with Gasteiger partial charge >= 0.3 is 13.6 Å². The third-order valence-corrected chi connectivity index (χ3v) is 5.10. The number of esters is 1. The molecule has 0 heterocycles. The number of carbonyl (C=O) groups is 1. The summed E-state index contributed by atoms with van der Waals surface area (Å²) in [5, 5.41) is 0.0156. The number of ether oxygens (including phenoxy) is 1. The molecule has 0 radical (unpaired) electrons. The first kappa shape index (κ1) is 15.4. The molecule has 1 saturated carbocycles. The van der Waals surface area contributed by atoms with Crippen LogP contribution in [0.1, 0.15) is 32.1 Å². The Morgan fingerprint density at radius 2 is 1.67 bits per heavy atom. The molecule has 1 rings (SSSR count). The highest BCUT2D eigenvalue weighted by atomic mass is 31.2. The van der Waals surface area contributed by atoms with Crippen molar-refractivity contribution >= 4 is 13.6 Å². The van der Waals surface area contributed by atoms with Crippen LogP contribution in [0.25, 0.3) is 0 Å². The Kier molecular flexibility index (Phi) is 6.06. The largest absolute Gasteiger partial charge is 0.465 e. The van der Waals surface area contributed by atoms with Crippen LogP contribution in [-0.2, 0) is 23.1 Å². The summed E-state index contributed by atoms with van der Waals surface area (Å²) < 4.78 is 26.7. The molecule has 0 aromatic rings. The molecule has 0 N–H and O–H groups in total. The van der Waals surface area contributed by atoms with Crippen LogP contribution in [0.2, 0.25) is 0 Å². The first-order valence-electron chi connectivity index (χ1n) is 6.09. The maximum absolute atomic E-state index is 12.3. The van der Waals surface area contributed by atoms with Crippen LogP contribution in [0.4, 0.5) is 0 Å². The minimum absolute atomic E-state index is 0.0156. The molecule has 1 aliphatic carbocycles. The molecular formula is C12H21O5P. The number of carbonyl (C=O) groups excluding carboxylic acids is 1. The van der Waals surface area contributed by atoms with Crippen LogP contribution in [0.5, 0.6) is 0 Å². The molecule has 0 amide bonds. The predicted octanol–water partition coefficient (Wildman–Crippen LogP) is 3.11. The van der Waals surface area contributed by atoms with Gasteiger partial charge < -0.3 is 13.8 Å². The van der Waals surface area contributed by atoms with Crippen LogP contribution in [0.15, 0.2) is 11.4 Å². The summed E-state index contributed by atoms with van der Waals surface area (Å²) in [7, 11) is 0.244. The first-order chi connectivity index (χ1) is 8.57. The van der Waals surface area contributed by atoms with Crippen LogP contribution in [-0.4, -0.2) is 27.3 Å². The molecule has 0 spiro atoms. The molecular weight excluding hydrogens is 255 g/mol. The Balaban J connectivity index is 3.00. The van der Waals surface area contributed by atoms with E-state index < -0.39 is 13.6 Å². The van der Waals surface area contributed by atoms with Crippen molar-refractivity contribution in [1.82, 2.24) is 0 Å². The highest BCUT2D eigenvalue weighted by Crippen LogP contribution is 2.55. The van der Waals surface area contributed by atoms with Crippen LogP contribution in [0.3, 0.4) is 0 Å². The van der Waals surface area contributed by atoms with E-state index in [1.807, 2.05) is 0 Å². The Hall–Kier alpha value is -0.640. The van der Waals surface area contributed by atoms with E-state index in [1.165, 1.54) is 27.8 Å². The molecule has 1 aliphatic rings. The second kappa shape index (κ2) is 7.07. The molecule has 5 nitrogen and oxygen atoms in total. The van der Waals surface area contributed by atoms with Gasteiger partial charge in [0.1, 0.15) is 5.31 Å². The van der Waals surface area contributed by atoms with E-state index in [0.717, 1.165) is 25.7 Å². The molecule has 6 heteroatoms. The quantitative estimate of drug-likeness (QED) is 0.438. The highest BCUT2D eigenvalue weighted by Gasteiger charge is 2.35. The Morgan fingerprint density at radius 3 is 2.11 bits per heavy atom. The lowest BCUT2D eigenvalue weighted by Gasteiger charge is -2.21. The average Bonchev–Trinajstić information content (AvgIpc) is 2.44. The molecule has 0 aromatic carbocycles. The molecule has 0 saturated heterocycles. The van der Waals surface area contributed by atoms with Crippen molar-refractivity contribution in [3.8, 4) is 0 Å². The van der Waals surface area contributed by atoms with E-state index in [-0.39, 0.29) is 11.2 Å². The summed E-state index contributed by atoms with van der Waals surface area (Å²) in [4.78, 5) is 11.7. The molecule has 0 bridgehead atoms. The van der Waals surface area contributed by atoms with Gasteiger partial charge in [-0.1, -0.05) is 25.3 Å². The summed E-state index contributed by atoms with van der Waals surface area (Å²) in [6, 6.07) is 0. The minimum atomic E-state index is -3.54. The van der Waals surface area contributed by atoms with Gasteiger partial charge in [-0.3, -0.25) is 4.57 Å². The van der Waals surface area contributed by atoms with Gasteiger partial charge in [0.05, 0.1) is 7.11 Å². The molecule has 18 heavy (non-hydrogen) atoms. The lowest BCUT2D eigenvalue weighted by molar-refractivity contribution is -0.135. The van der Waals surface area contributed by atoms with Gasteiger partial charge in [-0.05, 0) is 18.8 Å². The van der Waals surface area contributed by atoms with E-state index in [1.54, 1.807) is 6.08 Å². The fourth-order valence-corrected chi connectivity index (χ4v) is 3.42. The summed E-state index contributed by atoms with van der Waals surface area (Å²) in [6.45, 7) is 0. The number of methoxy groups -OCH3 is 1. The van der Waals surface area contributed by atoms with E-state index in [0.29, 0.717) is 0 Å². The highest BCUT2D eigenvalue weighted by molar-refractivity contribution is 7.59. The Labute approximate surface area is 108 Å². The zero-order valence-electron chi connectivity index (χ0n) is 11.2. The van der Waals surface area contributed by atoms with Crippen molar-refractivity contribution in [2.45, 2.75) is 32.1 Å². The first-order valence-corrected chi connectivity index (χ1v) is 7.64. The molecule has 0 unspecified atom stereocenters. The lowest BCUT2D eigenvalue weighted by Crippen LogP contribution is -2.11. The van der Waals surface area contributed by atoms with Crippen LogP contribution < -0.4 is 0 Å². The smallest absolute Gasteiger partial charge is 0.367 e. The van der Waals surface area contributed by atoms with E-state index in [2.05, 4.69) is 4.74 Å². The number of hydrogen-bond donors (Lipinski definition) is 0. The van der Waals surface area contributed by atoms with Crippen LogP contribution in [0, 0.1) is 5.92 Å². The second-order valence-corrected chi connectivity index (χ2v) is 6.51. The van der Waals surface area contributed by atoms with Gasteiger partial charge in [0.25, 0.3) is 0 Å². The third-order valence-electron chi connectivity index (χ3n) is 3.21. The van der Waals surface area contributed by atoms with Crippen molar-refractivity contribution in [2.24, 2.45) is 5.92 Å². The van der Waals surface area contributed by atoms with E-state index in [9.17, 15) is 9.36 Å². The zero-order chi connectivity index (χ0) is 13.6. The van der Waals surface area contributed by atoms with Crippen molar-refractivity contribution < 1.29 is 23.1 Å². The van der Waals surface area contributed by atoms with Gasteiger partial charge in [0.15, 0.2) is 0 Å². The second-order valence-electron chi connectivity index (χ2n) is 4.30. The summed E-state index contributed by atoms with van der Waals surface area (Å²) in [5.74, 6) is -0.404. The fraction of sp³-hybridized carbons (Fsp3) is 0.750. The predicted molar refractivity (Wildman–Crippen MR) is 68.3 cm³/mol. The molecule has 0 aliphatic heterocycles. The minimum Gasteiger partial charge on any atom is -0.465 e. The topological polar surface area (TPSA) is 61.8 Å². The maximum atomic E-state index is 12.3. The van der Waals surface area contributed by atoms with E-state index >= 15 is 0 Å². The average molecular weight is 276 g/mol. The summed E-state index contributed by atoms with van der Waals surface area (Å²) in [6.07, 6.45) is 7.16. The number of allylic oxidation sites excluding steroid dienone is 1. The lowest BCUT2D eigenvalue weighted by atomic mass is 9.89. The van der Waals surface area contributed by atoms with Crippen molar-refractivity contribution in [3.05, 3.63) is 11.4 Å². The standard InChI is InChI=1S/C12H21O5P/c1-15-12(13)11(18(14,16-2)17-3)9-10-7-5-4-6-8-10/h9-10H,4-8H2,1-3H3/b11-9+. The van der Waals surface area contributed by atoms with Crippen molar-refractivity contribution in [2.75, 3.05) is 21.3 Å². The van der Waals surface area contributed by atoms with Gasteiger partial charge in [-0.2, -0.15) is 0 Å². The van der Waals surface area contributed by atoms with Crippen LogP contribution >= 0.6 is 7.60 Å². The fourth-order valence-electron chi connectivity index (χ4n) is 2.17. The third kappa shape index (κ3) is 3.67. The van der Waals surface area contributed by atoms with Gasteiger partial charge in [-0.15, -0.1) is 0 Å². The monoisotopic (exact) mass is 276 g/mol. The molecule has 0 aromatic heterocycles. The maximum Gasteiger partial charge on any atom is 0.367 e. The van der Waals surface area contributed by atoms with Gasteiger partial charge in [0.2, 0.25) is 0 Å². The normalized spacial score (nSPS) is 18.7. The van der Waals surface area contributed by atoms with Gasteiger partial charge in [-0.25, -0.2) is 4.79 Å². The van der Waals surface area contributed by atoms with Crippen molar-refractivity contribution in [3.63, 3.8) is 0 Å². The Morgan fingerprint density at radius 1 is 1.11 bits per heavy atom. The summed E-state index contributed by atoms with van der Waals surface area (Å²) >= 11 is 0.